The van der Waals surface area contributed by atoms with Crippen LogP contribution in [-0.2, 0) is 4.74 Å². The summed E-state index contributed by atoms with van der Waals surface area (Å²) in [6, 6.07) is 0.413. The van der Waals surface area contributed by atoms with E-state index in [9.17, 15) is 0 Å². The molecule has 0 amide bonds. The summed E-state index contributed by atoms with van der Waals surface area (Å²) in [7, 11) is 0. The van der Waals surface area contributed by atoms with Gasteiger partial charge in [-0.05, 0) is 6.08 Å². The Kier molecular flexibility index (Phi) is 1.03. The molecule has 0 aromatic carbocycles. The predicted molar refractivity (Wildman–Crippen MR) is 38.6 cm³/mol. The van der Waals surface area contributed by atoms with Crippen LogP contribution in [0, 0.1) is 0 Å². The second-order valence-electron chi connectivity index (χ2n) is 2.31. The van der Waals surface area contributed by atoms with Gasteiger partial charge in [0, 0.05) is 0 Å². The summed E-state index contributed by atoms with van der Waals surface area (Å²) in [4.78, 5) is 4.04. The Morgan fingerprint density at radius 2 is 2.20 bits per heavy atom. The van der Waals surface area contributed by atoms with Gasteiger partial charge in [0.25, 0.3) is 6.02 Å². The first kappa shape index (κ1) is 5.53. The summed E-state index contributed by atoms with van der Waals surface area (Å²) < 4.78 is 5.15. The number of aliphatic imine (C=N–C) groups is 1. The molecule has 0 aromatic heterocycles. The number of hydrogen-bond donors (Lipinski definition) is 1. The molecule has 2 rings (SSSR count). The largest absolute Gasteiger partial charge is 0.455 e. The molecule has 52 valence electrons. The summed E-state index contributed by atoms with van der Waals surface area (Å²) in [6.45, 7) is 0. The van der Waals surface area contributed by atoms with Gasteiger partial charge in [-0.2, -0.15) is 0 Å². The predicted octanol–water partition coefficient (Wildman–Crippen LogP) is 0.194. The molecule has 2 aliphatic rings. The monoisotopic (exact) mass is 136 g/mol. The van der Waals surface area contributed by atoms with Crippen molar-refractivity contribution in [3.05, 3.63) is 24.3 Å². The fourth-order valence-electron chi connectivity index (χ4n) is 1.12. The minimum absolute atomic E-state index is 0.0463. The first-order valence-corrected chi connectivity index (χ1v) is 3.21. The highest BCUT2D eigenvalue weighted by Gasteiger charge is 2.26. The number of rotatable bonds is 0. The molecule has 0 fully saturated rings. The molecular weight excluding hydrogens is 128 g/mol. The van der Waals surface area contributed by atoms with Crippen molar-refractivity contribution in [3.63, 3.8) is 0 Å². The Hall–Kier alpha value is -1.25. The zero-order chi connectivity index (χ0) is 6.97. The van der Waals surface area contributed by atoms with E-state index in [-0.39, 0.29) is 12.1 Å². The van der Waals surface area contributed by atoms with Crippen LogP contribution in [0.25, 0.3) is 0 Å². The molecule has 3 nitrogen and oxygen atoms in total. The van der Waals surface area contributed by atoms with Crippen LogP contribution < -0.4 is 5.73 Å². The fraction of sp³-hybridized carbons (Fsp3) is 0.286. The molecule has 0 saturated heterocycles. The minimum atomic E-state index is 0.0463. The molecule has 0 spiro atoms. The van der Waals surface area contributed by atoms with Gasteiger partial charge < -0.3 is 10.5 Å². The van der Waals surface area contributed by atoms with Crippen LogP contribution in [0.2, 0.25) is 0 Å². The van der Waals surface area contributed by atoms with Crippen LogP contribution >= 0.6 is 0 Å². The van der Waals surface area contributed by atoms with E-state index < -0.39 is 0 Å². The molecule has 0 saturated carbocycles. The Labute approximate surface area is 58.9 Å². The molecule has 1 aliphatic carbocycles. The molecule has 1 heterocycles. The van der Waals surface area contributed by atoms with Gasteiger partial charge in [-0.25, -0.2) is 4.99 Å². The van der Waals surface area contributed by atoms with Gasteiger partial charge in [-0.3, -0.25) is 0 Å². The molecule has 0 radical (unpaired) electrons. The maximum atomic E-state index is 5.35. The van der Waals surface area contributed by atoms with E-state index in [1.54, 1.807) is 0 Å². The Bertz CT molecular complexity index is 230. The third kappa shape index (κ3) is 0.708. The van der Waals surface area contributed by atoms with Crippen molar-refractivity contribution in [2.45, 2.75) is 12.1 Å². The highest BCUT2D eigenvalue weighted by atomic mass is 16.5. The topological polar surface area (TPSA) is 47.6 Å². The van der Waals surface area contributed by atoms with E-state index in [0.717, 1.165) is 0 Å². The molecule has 2 atom stereocenters. The second-order valence-corrected chi connectivity index (χ2v) is 2.31. The van der Waals surface area contributed by atoms with Crippen LogP contribution in [0.5, 0.6) is 0 Å². The molecule has 0 aromatic rings. The third-order valence-electron chi connectivity index (χ3n) is 1.59. The lowest BCUT2D eigenvalue weighted by atomic mass is 10.1. The lowest BCUT2D eigenvalue weighted by molar-refractivity contribution is 0.251. The number of fused-ring (bicyclic) bond motifs is 1. The molecule has 2 unspecified atom stereocenters. The normalized spacial score (nSPS) is 35.0. The number of ether oxygens (including phenoxy) is 1. The molecular formula is C7H8N2O. The summed E-state index contributed by atoms with van der Waals surface area (Å²) >= 11 is 0. The Morgan fingerprint density at radius 1 is 1.40 bits per heavy atom. The quantitative estimate of drug-likeness (QED) is 0.517. The summed E-state index contributed by atoms with van der Waals surface area (Å²) in [5.74, 6) is 0. The van der Waals surface area contributed by atoms with Gasteiger partial charge in [-0.15, -0.1) is 0 Å². The minimum Gasteiger partial charge on any atom is -0.455 e. The van der Waals surface area contributed by atoms with Gasteiger partial charge in [0.05, 0.1) is 0 Å². The number of nitrogens with zero attached hydrogens (tertiary/aromatic N) is 1. The standard InChI is InChI=1S/C7H8N2O/c8-7-9-5-3-1-2-4-6(5)10-7/h1-6H,(H2,8,9). The lowest BCUT2D eigenvalue weighted by Crippen LogP contribution is -2.21. The zero-order valence-electron chi connectivity index (χ0n) is 5.40. The third-order valence-corrected chi connectivity index (χ3v) is 1.59. The van der Waals surface area contributed by atoms with Gasteiger partial charge in [-0.1, -0.05) is 18.2 Å². The van der Waals surface area contributed by atoms with Crippen molar-refractivity contribution < 1.29 is 4.74 Å². The fourth-order valence-corrected chi connectivity index (χ4v) is 1.12. The summed E-state index contributed by atoms with van der Waals surface area (Å²) in [5.41, 5.74) is 5.35. The zero-order valence-corrected chi connectivity index (χ0v) is 5.40. The number of hydrogen-bond acceptors (Lipinski definition) is 3. The van der Waals surface area contributed by atoms with Crippen LogP contribution in [-0.4, -0.2) is 18.2 Å². The van der Waals surface area contributed by atoms with Crippen LogP contribution in [0.3, 0.4) is 0 Å². The second kappa shape index (κ2) is 1.87. The van der Waals surface area contributed by atoms with E-state index in [1.807, 2.05) is 24.3 Å². The Balaban J connectivity index is 2.24. The molecule has 0 bridgehead atoms. The van der Waals surface area contributed by atoms with E-state index in [2.05, 4.69) is 4.99 Å². The SMILES string of the molecule is NC1=NC2C=CC=CC2O1. The van der Waals surface area contributed by atoms with Crippen molar-refractivity contribution >= 4 is 6.02 Å². The number of nitrogens with two attached hydrogens (primary N) is 1. The number of amidine groups is 1. The van der Waals surface area contributed by atoms with Crippen molar-refractivity contribution in [1.29, 1.82) is 0 Å². The van der Waals surface area contributed by atoms with Gasteiger partial charge in [0.15, 0.2) is 0 Å². The lowest BCUT2D eigenvalue weighted by Gasteiger charge is -2.11. The van der Waals surface area contributed by atoms with Crippen LogP contribution in [0.1, 0.15) is 0 Å². The van der Waals surface area contributed by atoms with E-state index in [0.29, 0.717) is 6.02 Å². The molecule has 1 aliphatic heterocycles. The summed E-state index contributed by atoms with van der Waals surface area (Å²) in [6.07, 6.45) is 7.87. The van der Waals surface area contributed by atoms with Gasteiger partial charge in [0.2, 0.25) is 0 Å². The molecule has 2 N–H and O–H groups in total. The van der Waals surface area contributed by atoms with Crippen LogP contribution in [0.15, 0.2) is 29.3 Å². The summed E-state index contributed by atoms with van der Waals surface area (Å²) in [5, 5.41) is 0. The van der Waals surface area contributed by atoms with Crippen molar-refractivity contribution in [2.75, 3.05) is 0 Å². The number of allylic oxidation sites excluding steroid dienone is 2. The molecule has 10 heavy (non-hydrogen) atoms. The highest BCUT2D eigenvalue weighted by Crippen LogP contribution is 2.17. The maximum Gasteiger partial charge on any atom is 0.283 e. The highest BCUT2D eigenvalue weighted by molar-refractivity contribution is 5.74. The first-order chi connectivity index (χ1) is 4.86. The first-order valence-electron chi connectivity index (χ1n) is 3.21. The van der Waals surface area contributed by atoms with Gasteiger partial charge in [0.1, 0.15) is 12.1 Å². The van der Waals surface area contributed by atoms with E-state index in [1.165, 1.54) is 0 Å². The maximum absolute atomic E-state index is 5.35. The van der Waals surface area contributed by atoms with E-state index >= 15 is 0 Å². The average Bonchev–Trinajstić information content (AvgIpc) is 2.27. The van der Waals surface area contributed by atoms with Crippen molar-refractivity contribution in [1.82, 2.24) is 0 Å². The Morgan fingerprint density at radius 3 is 3.00 bits per heavy atom. The van der Waals surface area contributed by atoms with Crippen molar-refractivity contribution in [3.8, 4) is 0 Å². The van der Waals surface area contributed by atoms with E-state index in [4.69, 9.17) is 10.5 Å². The smallest absolute Gasteiger partial charge is 0.283 e. The van der Waals surface area contributed by atoms with Gasteiger partial charge >= 0.3 is 0 Å². The van der Waals surface area contributed by atoms with Crippen LogP contribution in [0.4, 0.5) is 0 Å². The average molecular weight is 136 g/mol. The molecule has 3 heteroatoms. The van der Waals surface area contributed by atoms with Crippen molar-refractivity contribution in [2.24, 2.45) is 10.7 Å².